The Bertz CT molecular complexity index is 2090. The number of imidazole rings is 1. The summed E-state index contributed by atoms with van der Waals surface area (Å²) >= 11 is 5.84. The summed E-state index contributed by atoms with van der Waals surface area (Å²) in [6, 6.07) is 15.4. The van der Waals surface area contributed by atoms with Gasteiger partial charge in [-0.15, -0.1) is 0 Å². The molecule has 2 N–H and O–H groups in total. The Balaban J connectivity index is 0.971. The van der Waals surface area contributed by atoms with Gasteiger partial charge >= 0.3 is 6.18 Å². The fraction of sp³-hybridized carbons (Fsp3) is 0.257. The van der Waals surface area contributed by atoms with Gasteiger partial charge in [-0.3, -0.25) is 15.1 Å². The number of pyridine rings is 1. The maximum atomic E-state index is 14.1. The molecule has 1 aliphatic carbocycles. The van der Waals surface area contributed by atoms with Crippen molar-refractivity contribution in [3.8, 4) is 5.88 Å². The zero-order valence-corrected chi connectivity index (χ0v) is 26.9. The first-order valence-corrected chi connectivity index (χ1v) is 15.9. The molecule has 1 unspecified atom stereocenters. The molecule has 2 aromatic heterocycles. The Kier molecular flexibility index (Phi) is 8.72. The quantitative estimate of drug-likeness (QED) is 0.195. The van der Waals surface area contributed by atoms with Gasteiger partial charge in [-0.1, -0.05) is 35.9 Å². The fourth-order valence-electron chi connectivity index (χ4n) is 6.13. The van der Waals surface area contributed by atoms with Crippen molar-refractivity contribution < 1.29 is 27.1 Å². The molecule has 14 heteroatoms. The first kappa shape index (κ1) is 32.5. The Labute approximate surface area is 283 Å². The van der Waals surface area contributed by atoms with Crippen molar-refractivity contribution in [1.82, 2.24) is 24.9 Å². The molecule has 0 saturated carbocycles. The summed E-state index contributed by atoms with van der Waals surface area (Å²) in [4.78, 5) is 24.8. The van der Waals surface area contributed by atoms with Gasteiger partial charge in [0.15, 0.2) is 5.71 Å². The van der Waals surface area contributed by atoms with Crippen LogP contribution in [0.1, 0.15) is 29.9 Å². The highest BCUT2D eigenvalue weighted by Crippen LogP contribution is 2.36. The number of nitrogens with one attached hydrogen (secondary N) is 2. The molecule has 0 fully saturated rings. The molecule has 2 aromatic carbocycles. The predicted molar refractivity (Wildman–Crippen MR) is 178 cm³/mol. The number of benzene rings is 2. The van der Waals surface area contributed by atoms with Gasteiger partial charge in [0, 0.05) is 53.7 Å². The summed E-state index contributed by atoms with van der Waals surface area (Å²) in [6.45, 7) is 2.10. The Morgan fingerprint density at radius 3 is 2.76 bits per heavy atom. The van der Waals surface area contributed by atoms with E-state index >= 15 is 0 Å². The molecular formula is C35H30ClF4N7O2. The van der Waals surface area contributed by atoms with Crippen LogP contribution in [0, 0.1) is 11.7 Å². The van der Waals surface area contributed by atoms with Crippen LogP contribution in [0.3, 0.4) is 0 Å². The van der Waals surface area contributed by atoms with E-state index < -0.39 is 29.5 Å². The lowest BCUT2D eigenvalue weighted by Crippen LogP contribution is -2.31. The second kappa shape index (κ2) is 13.1. The highest BCUT2D eigenvalue weighted by atomic mass is 35.5. The van der Waals surface area contributed by atoms with Crippen molar-refractivity contribution in [3.05, 3.63) is 112 Å². The molecule has 0 spiro atoms. The van der Waals surface area contributed by atoms with Crippen LogP contribution in [-0.4, -0.2) is 50.3 Å². The van der Waals surface area contributed by atoms with Crippen LogP contribution in [0.25, 0.3) is 16.6 Å². The average molecular weight is 692 g/mol. The van der Waals surface area contributed by atoms with E-state index in [1.807, 2.05) is 29.8 Å². The van der Waals surface area contributed by atoms with Crippen LogP contribution in [0.15, 0.2) is 89.2 Å². The molecule has 4 aromatic rings. The minimum atomic E-state index is -4.58. The molecule has 252 valence electrons. The molecule has 4 heterocycles. The Hall–Kier alpha value is -5.01. The van der Waals surface area contributed by atoms with Gasteiger partial charge in [0.2, 0.25) is 5.88 Å². The summed E-state index contributed by atoms with van der Waals surface area (Å²) in [7, 11) is 1.94. The van der Waals surface area contributed by atoms with E-state index in [-0.39, 0.29) is 18.6 Å². The van der Waals surface area contributed by atoms with E-state index in [4.69, 9.17) is 21.3 Å². The maximum Gasteiger partial charge on any atom is 0.431 e. The minimum absolute atomic E-state index is 0.0365. The summed E-state index contributed by atoms with van der Waals surface area (Å²) in [5, 5.41) is 6.56. The summed E-state index contributed by atoms with van der Waals surface area (Å²) in [5.41, 5.74) is 6.41. The van der Waals surface area contributed by atoms with Crippen molar-refractivity contribution in [2.45, 2.75) is 32.2 Å². The number of nitrogens with zero attached hydrogens (tertiary/aromatic N) is 5. The molecule has 0 radical (unpaired) electrons. The standard InChI is InChI=1S/C35H30ClF4N7O2/c1-46-30-10-8-24(41-34(48)21-6-9-28-25(15-21)33(45-44-28)35(38,39)40)17-29(30)42-31(46)18-47-13-11-20(12-14-47)27-3-2-4-32(43-27)49-19-22-5-7-23(36)16-26(22)37/h2-11,16-17,25,44H,12-15,18-19H2,1H3,(H,41,48). The number of aromatic nitrogens is 3. The molecule has 1 atom stereocenters. The van der Waals surface area contributed by atoms with Gasteiger partial charge in [0.1, 0.15) is 18.2 Å². The normalized spacial score (nSPS) is 17.9. The molecular weight excluding hydrogens is 662 g/mol. The van der Waals surface area contributed by atoms with Gasteiger partial charge in [-0.05, 0) is 60.9 Å². The molecule has 2 aliphatic heterocycles. The highest BCUT2D eigenvalue weighted by Gasteiger charge is 2.46. The van der Waals surface area contributed by atoms with E-state index in [2.05, 4.69) is 31.8 Å². The van der Waals surface area contributed by atoms with Gasteiger partial charge in [0.05, 0.1) is 29.2 Å². The summed E-state index contributed by atoms with van der Waals surface area (Å²) in [6.07, 6.45) is 1.20. The van der Waals surface area contributed by atoms with Crippen LogP contribution in [0.2, 0.25) is 5.02 Å². The lowest BCUT2D eigenvalue weighted by Gasteiger charge is -2.25. The zero-order valence-electron chi connectivity index (χ0n) is 26.2. The second-order valence-electron chi connectivity index (χ2n) is 12.0. The highest BCUT2D eigenvalue weighted by molar-refractivity contribution is 6.30. The number of hydrogen-bond acceptors (Lipinski definition) is 7. The number of fused-ring (bicyclic) bond motifs is 2. The van der Waals surface area contributed by atoms with Gasteiger partial charge in [-0.25, -0.2) is 14.4 Å². The number of carbonyl (C=O) groups is 1. The summed E-state index contributed by atoms with van der Waals surface area (Å²) < 4.78 is 62.0. The number of alkyl halides is 3. The number of hydrogen-bond donors (Lipinski definition) is 2. The smallest absolute Gasteiger partial charge is 0.431 e. The largest absolute Gasteiger partial charge is 0.473 e. The number of ether oxygens (including phenoxy) is 1. The number of allylic oxidation sites excluding steroid dienone is 3. The van der Waals surface area contributed by atoms with Crippen LogP contribution >= 0.6 is 11.6 Å². The number of halogens is 5. The molecule has 7 rings (SSSR count). The molecule has 9 nitrogen and oxygen atoms in total. The van der Waals surface area contributed by atoms with E-state index in [9.17, 15) is 22.4 Å². The van der Waals surface area contributed by atoms with E-state index in [0.717, 1.165) is 35.6 Å². The van der Waals surface area contributed by atoms with Crippen molar-refractivity contribution in [2.75, 3.05) is 18.4 Å². The molecule has 0 bridgehead atoms. The molecule has 0 saturated heterocycles. The monoisotopic (exact) mass is 691 g/mol. The molecule has 3 aliphatic rings. The third-order valence-electron chi connectivity index (χ3n) is 8.81. The number of carbonyl (C=O) groups excluding carboxylic acids is 1. The third-order valence-corrected chi connectivity index (χ3v) is 9.05. The first-order valence-electron chi connectivity index (χ1n) is 15.6. The summed E-state index contributed by atoms with van der Waals surface area (Å²) in [5.74, 6) is -0.679. The van der Waals surface area contributed by atoms with Crippen molar-refractivity contribution in [2.24, 2.45) is 18.1 Å². The zero-order chi connectivity index (χ0) is 34.3. The topological polar surface area (TPSA) is 96.7 Å². The van der Waals surface area contributed by atoms with Gasteiger partial charge < -0.3 is 14.6 Å². The lowest BCUT2D eigenvalue weighted by atomic mass is 9.87. The molecule has 1 amide bonds. The van der Waals surface area contributed by atoms with Gasteiger partial charge in [0.25, 0.3) is 5.91 Å². The Morgan fingerprint density at radius 2 is 1.98 bits per heavy atom. The number of anilines is 1. The van der Waals surface area contributed by atoms with Crippen LogP contribution in [0.5, 0.6) is 5.88 Å². The van der Waals surface area contributed by atoms with Crippen molar-refractivity contribution in [1.29, 1.82) is 0 Å². The average Bonchev–Trinajstić information content (AvgIpc) is 3.65. The third kappa shape index (κ3) is 6.94. The van der Waals surface area contributed by atoms with E-state index in [0.29, 0.717) is 46.5 Å². The lowest BCUT2D eigenvalue weighted by molar-refractivity contribution is -0.113. The van der Waals surface area contributed by atoms with E-state index in [1.165, 1.54) is 18.2 Å². The Morgan fingerprint density at radius 1 is 1.12 bits per heavy atom. The van der Waals surface area contributed by atoms with E-state index in [1.54, 1.807) is 30.3 Å². The fourth-order valence-corrected chi connectivity index (χ4v) is 6.29. The van der Waals surface area contributed by atoms with Crippen molar-refractivity contribution in [3.63, 3.8) is 0 Å². The number of amides is 1. The van der Waals surface area contributed by atoms with Crippen molar-refractivity contribution >= 4 is 45.5 Å². The minimum Gasteiger partial charge on any atom is -0.473 e. The first-order chi connectivity index (χ1) is 23.5. The SMILES string of the molecule is Cn1c(CN2CC=C(c3cccc(OCc4ccc(Cl)cc4F)n3)CC2)nc2cc(NC(=O)C3=CC=C4NN=C(C(F)(F)F)C4C3)ccc21. The van der Waals surface area contributed by atoms with Crippen LogP contribution < -0.4 is 15.5 Å². The number of hydrazone groups is 1. The predicted octanol–water partition coefficient (Wildman–Crippen LogP) is 6.92. The van der Waals surface area contributed by atoms with Crippen LogP contribution in [-0.2, 0) is 25.0 Å². The van der Waals surface area contributed by atoms with Crippen LogP contribution in [0.4, 0.5) is 23.2 Å². The van der Waals surface area contributed by atoms with Gasteiger partial charge in [-0.2, -0.15) is 18.3 Å². The second-order valence-corrected chi connectivity index (χ2v) is 12.5. The maximum absolute atomic E-state index is 14.1. The number of rotatable bonds is 8. The molecule has 49 heavy (non-hydrogen) atoms. The number of aryl methyl sites for hydroxylation is 1.